The minimum Gasteiger partial charge on any atom is -0.478 e. The summed E-state index contributed by atoms with van der Waals surface area (Å²) >= 11 is 0. The molecule has 2 unspecified atom stereocenters. The number of halogens is 1. The normalized spacial score (nSPS) is 20.5. The number of hydrogen-bond acceptors (Lipinski definition) is 6. The Morgan fingerprint density at radius 2 is 1.93 bits per heavy atom. The van der Waals surface area contributed by atoms with E-state index in [1.54, 1.807) is 24.3 Å². The Bertz CT molecular complexity index is 1540. The lowest BCUT2D eigenvalue weighted by Crippen LogP contribution is -2.59. The minimum atomic E-state index is -1.07. The molecule has 2 atom stereocenters. The molecule has 1 fully saturated rings. The van der Waals surface area contributed by atoms with Crippen LogP contribution in [-0.4, -0.2) is 74.6 Å². The summed E-state index contributed by atoms with van der Waals surface area (Å²) in [6, 6.07) is 7.98. The molecule has 1 aromatic carbocycles. The summed E-state index contributed by atoms with van der Waals surface area (Å²) in [5.74, 6) is -1.16. The smallest absolute Gasteiger partial charge is 0.337 e. The fourth-order valence-corrected chi connectivity index (χ4v) is 5.73. The van der Waals surface area contributed by atoms with Crippen molar-refractivity contribution < 1.29 is 19.1 Å². The van der Waals surface area contributed by atoms with E-state index in [9.17, 15) is 9.59 Å². The molecule has 8 nitrogen and oxygen atoms in total. The van der Waals surface area contributed by atoms with E-state index in [1.807, 2.05) is 43.7 Å². The Morgan fingerprint density at radius 1 is 1.19 bits per heavy atom. The van der Waals surface area contributed by atoms with Crippen molar-refractivity contribution in [1.82, 2.24) is 19.7 Å². The molecule has 226 valence electrons. The molecule has 1 N–H and O–H groups in total. The predicted octanol–water partition coefficient (Wildman–Crippen LogP) is 6.36. The van der Waals surface area contributed by atoms with Crippen molar-refractivity contribution in [2.75, 3.05) is 20.1 Å². The van der Waals surface area contributed by atoms with Crippen molar-refractivity contribution >= 4 is 23.2 Å². The van der Waals surface area contributed by atoms with Crippen LogP contribution >= 0.6 is 0 Å². The second-order valence-electron chi connectivity index (χ2n) is 10.6. The Morgan fingerprint density at radius 3 is 2.56 bits per heavy atom. The van der Waals surface area contributed by atoms with E-state index in [0.717, 1.165) is 18.7 Å². The van der Waals surface area contributed by atoms with E-state index in [-0.39, 0.29) is 23.6 Å². The lowest BCUT2D eigenvalue weighted by Gasteiger charge is -2.45. The number of aliphatic imine (C=N–C) groups is 1. The molecule has 4 heterocycles. The Hall–Kier alpha value is -4.53. The first-order valence-electron chi connectivity index (χ1n) is 14.8. The standard InChI is InChI=1S/C32H34FN5O3.C2H6/c1-6-24-17-28(31(39)38-14-13-37-20(3)7-12-29(37)21(38)4)35-30(36(24)5)15-19(2)25-10-8-22(16-26(25)33)27-11-9-23(18-34-27)32(40)41;1-2/h7-11,15-18,21,29H,2,6,12-14H2,1,3-5H3,(H,40,41);1-2H3/b30-15-;. The van der Waals surface area contributed by atoms with Crippen LogP contribution in [0.4, 0.5) is 4.39 Å². The molecule has 1 amide bonds. The topological polar surface area (TPSA) is 89.3 Å². The third-order valence-electron chi connectivity index (χ3n) is 8.22. The number of pyridine rings is 1. The number of amides is 1. The van der Waals surface area contributed by atoms with Crippen LogP contribution in [-0.2, 0) is 4.79 Å². The number of carbonyl (C=O) groups excluding carboxylic acids is 1. The van der Waals surface area contributed by atoms with Gasteiger partial charge in [-0.25, -0.2) is 14.2 Å². The molecule has 43 heavy (non-hydrogen) atoms. The van der Waals surface area contributed by atoms with Crippen LogP contribution < -0.4 is 0 Å². The van der Waals surface area contributed by atoms with Crippen LogP contribution in [0.3, 0.4) is 0 Å². The molecular formula is C34H40FN5O3. The van der Waals surface area contributed by atoms with Crippen LogP contribution in [0.2, 0.25) is 0 Å². The Balaban J connectivity index is 0.00000207. The van der Waals surface area contributed by atoms with Gasteiger partial charge in [0.25, 0.3) is 5.91 Å². The quantitative estimate of drug-likeness (QED) is 0.425. The molecule has 3 aliphatic rings. The number of fused-ring (bicyclic) bond motifs is 1. The molecule has 9 heteroatoms. The molecule has 1 saturated heterocycles. The largest absolute Gasteiger partial charge is 0.478 e. The van der Waals surface area contributed by atoms with Gasteiger partial charge in [-0.1, -0.05) is 45.6 Å². The van der Waals surface area contributed by atoms with Gasteiger partial charge in [0.1, 0.15) is 17.3 Å². The number of hydrogen-bond donors (Lipinski definition) is 1. The lowest BCUT2D eigenvalue weighted by atomic mass is 10.0. The molecule has 3 aliphatic heterocycles. The second kappa shape index (κ2) is 13.2. The average molecular weight is 586 g/mol. The van der Waals surface area contributed by atoms with Gasteiger partial charge in [-0.15, -0.1) is 0 Å². The predicted molar refractivity (Wildman–Crippen MR) is 169 cm³/mol. The van der Waals surface area contributed by atoms with Gasteiger partial charge in [0.05, 0.1) is 17.3 Å². The van der Waals surface area contributed by atoms with Crippen LogP contribution in [0.5, 0.6) is 0 Å². The molecule has 1 aromatic heterocycles. The van der Waals surface area contributed by atoms with E-state index in [1.165, 1.54) is 24.0 Å². The maximum Gasteiger partial charge on any atom is 0.337 e. The third-order valence-corrected chi connectivity index (χ3v) is 8.22. The van der Waals surface area contributed by atoms with E-state index < -0.39 is 11.8 Å². The van der Waals surface area contributed by atoms with Crippen LogP contribution in [0.15, 0.2) is 83.5 Å². The average Bonchev–Trinajstić information content (AvgIpc) is 3.40. The highest BCUT2D eigenvalue weighted by atomic mass is 19.1. The SMILES string of the molecule is C=C(/C=C1/N=C(C(=O)N2CCN3C(C)=CCC3C2C)C=C(CC)N1C)c1ccc(-c2ccc(C(=O)O)cn2)cc1F.CC. The van der Waals surface area contributed by atoms with Crippen molar-refractivity contribution in [2.45, 2.75) is 59.5 Å². The van der Waals surface area contributed by atoms with E-state index in [0.29, 0.717) is 46.9 Å². The molecule has 0 bridgehead atoms. The number of carboxylic acid groups (broad SMARTS) is 1. The summed E-state index contributed by atoms with van der Waals surface area (Å²) in [5, 5.41) is 9.08. The monoisotopic (exact) mass is 585 g/mol. The molecule has 0 saturated carbocycles. The van der Waals surface area contributed by atoms with Crippen LogP contribution in [0.1, 0.15) is 63.4 Å². The Kier molecular flexibility index (Phi) is 9.63. The number of aromatic nitrogens is 1. The van der Waals surface area contributed by atoms with Crippen LogP contribution in [0, 0.1) is 5.82 Å². The summed E-state index contributed by atoms with van der Waals surface area (Å²) < 4.78 is 15.3. The van der Waals surface area contributed by atoms with Crippen molar-refractivity contribution in [3.8, 4) is 11.3 Å². The van der Waals surface area contributed by atoms with Gasteiger partial charge >= 0.3 is 5.97 Å². The minimum absolute atomic E-state index is 0.0515. The van der Waals surface area contributed by atoms with Crippen molar-refractivity contribution in [3.63, 3.8) is 0 Å². The highest BCUT2D eigenvalue weighted by Crippen LogP contribution is 2.31. The zero-order chi connectivity index (χ0) is 31.4. The summed E-state index contributed by atoms with van der Waals surface area (Å²) in [6.45, 7) is 15.8. The first-order valence-corrected chi connectivity index (χ1v) is 14.8. The van der Waals surface area contributed by atoms with Gasteiger partial charge in [-0.2, -0.15) is 0 Å². The molecule has 0 spiro atoms. The molecule has 0 radical (unpaired) electrons. The van der Waals surface area contributed by atoms with E-state index >= 15 is 4.39 Å². The molecule has 2 aromatic rings. The molecule has 0 aliphatic carbocycles. The highest BCUT2D eigenvalue weighted by molar-refractivity contribution is 6.43. The second-order valence-corrected chi connectivity index (χ2v) is 10.6. The summed E-state index contributed by atoms with van der Waals surface area (Å²) in [7, 11) is 1.87. The fourth-order valence-electron chi connectivity index (χ4n) is 5.73. The lowest BCUT2D eigenvalue weighted by molar-refractivity contribution is -0.129. The van der Waals surface area contributed by atoms with Gasteiger partial charge in [0.15, 0.2) is 0 Å². The summed E-state index contributed by atoms with van der Waals surface area (Å²) in [4.78, 5) is 39.9. The zero-order valence-electron chi connectivity index (χ0n) is 25.8. The first-order chi connectivity index (χ1) is 20.6. The van der Waals surface area contributed by atoms with Crippen LogP contribution in [0.25, 0.3) is 16.8 Å². The maximum absolute atomic E-state index is 15.3. The third kappa shape index (κ3) is 6.30. The van der Waals surface area contributed by atoms with Gasteiger partial charge in [-0.05, 0) is 62.6 Å². The number of benzene rings is 1. The van der Waals surface area contributed by atoms with Crippen molar-refractivity contribution in [2.24, 2.45) is 4.99 Å². The maximum atomic E-state index is 15.3. The summed E-state index contributed by atoms with van der Waals surface area (Å²) in [5.41, 5.74) is 4.31. The Labute approximate surface area is 253 Å². The molecule has 5 rings (SSSR count). The highest BCUT2D eigenvalue weighted by Gasteiger charge is 2.39. The van der Waals surface area contributed by atoms with Gasteiger partial charge < -0.3 is 19.8 Å². The van der Waals surface area contributed by atoms with Gasteiger partial charge in [0, 0.05) is 54.9 Å². The van der Waals surface area contributed by atoms with Crippen molar-refractivity contribution in [3.05, 3.63) is 95.5 Å². The molecular weight excluding hydrogens is 545 g/mol. The number of aromatic carboxylic acids is 1. The number of allylic oxidation sites excluding steroid dienone is 4. The first kappa shape index (κ1) is 31.4. The van der Waals surface area contributed by atoms with E-state index in [2.05, 4.69) is 36.4 Å². The van der Waals surface area contributed by atoms with E-state index in [4.69, 9.17) is 10.1 Å². The number of carbonyl (C=O) groups is 2. The zero-order valence-corrected chi connectivity index (χ0v) is 25.8. The number of rotatable bonds is 6. The number of nitrogens with zero attached hydrogens (tertiary/aromatic N) is 5. The van der Waals surface area contributed by atoms with Gasteiger partial charge in [-0.3, -0.25) is 9.78 Å². The fraction of sp³-hybridized carbons (Fsp3) is 0.353. The van der Waals surface area contributed by atoms with Gasteiger partial charge in [0.2, 0.25) is 0 Å². The van der Waals surface area contributed by atoms with Crippen molar-refractivity contribution in [1.29, 1.82) is 0 Å². The summed E-state index contributed by atoms with van der Waals surface area (Å²) in [6.07, 6.45) is 8.64. The number of piperazine rings is 1. The number of carboxylic acids is 1.